The summed E-state index contributed by atoms with van der Waals surface area (Å²) in [6.07, 6.45) is 9.02. The third-order valence-electron chi connectivity index (χ3n) is 4.04. The lowest BCUT2D eigenvalue weighted by molar-refractivity contribution is 0.445. The van der Waals surface area contributed by atoms with Crippen molar-refractivity contribution in [1.82, 2.24) is 0 Å². The van der Waals surface area contributed by atoms with Crippen molar-refractivity contribution in [3.8, 4) is 0 Å². The summed E-state index contributed by atoms with van der Waals surface area (Å²) in [6.45, 7) is 0. The largest absolute Gasteiger partial charge is 0.264 e. The molecule has 0 bridgehead atoms. The average molecular weight is 295 g/mol. The molecule has 2 heteroatoms. The standard InChI is InChI=1S/C19H22NP/c1-4-10-17(11-5-1)16-20-21(18-12-6-2-7-13-18)19-14-8-3-9-15-19/h2-3,6-9,12-17H,1,4-5,10-11H2/b20-16+. The van der Waals surface area contributed by atoms with Crippen molar-refractivity contribution in [3.63, 3.8) is 0 Å². The molecule has 0 saturated heterocycles. The molecule has 108 valence electrons. The lowest BCUT2D eigenvalue weighted by atomic mass is 9.90. The Kier molecular flexibility index (Phi) is 5.18. The summed E-state index contributed by atoms with van der Waals surface area (Å²) >= 11 is 0. The van der Waals surface area contributed by atoms with Gasteiger partial charge in [0.1, 0.15) is 0 Å². The van der Waals surface area contributed by atoms with Crippen LogP contribution >= 0.6 is 8.07 Å². The van der Waals surface area contributed by atoms with E-state index >= 15 is 0 Å². The van der Waals surface area contributed by atoms with Crippen molar-refractivity contribution in [2.45, 2.75) is 32.1 Å². The zero-order valence-electron chi connectivity index (χ0n) is 12.4. The lowest BCUT2D eigenvalue weighted by Crippen LogP contribution is -2.12. The van der Waals surface area contributed by atoms with Crippen LogP contribution in [0.5, 0.6) is 0 Å². The molecule has 1 aliphatic carbocycles. The van der Waals surface area contributed by atoms with E-state index in [1.165, 1.54) is 42.7 Å². The minimum Gasteiger partial charge on any atom is -0.264 e. The molecular formula is C19H22NP. The predicted octanol–water partition coefficient (Wildman–Crippen LogP) is 4.69. The van der Waals surface area contributed by atoms with Gasteiger partial charge < -0.3 is 0 Å². The molecule has 3 rings (SSSR count). The summed E-state index contributed by atoms with van der Waals surface area (Å²) in [5, 5.41) is 2.68. The molecule has 1 aliphatic rings. The molecule has 2 aromatic carbocycles. The van der Waals surface area contributed by atoms with Gasteiger partial charge in [0, 0.05) is 16.8 Å². The van der Waals surface area contributed by atoms with E-state index in [0.29, 0.717) is 5.92 Å². The molecule has 0 spiro atoms. The van der Waals surface area contributed by atoms with Gasteiger partial charge in [0.2, 0.25) is 0 Å². The van der Waals surface area contributed by atoms with Crippen molar-refractivity contribution in [3.05, 3.63) is 60.7 Å². The van der Waals surface area contributed by atoms with Crippen molar-refractivity contribution in [1.29, 1.82) is 0 Å². The first-order valence-corrected chi connectivity index (χ1v) is 9.17. The first kappa shape index (κ1) is 14.5. The third kappa shape index (κ3) is 4.02. The van der Waals surface area contributed by atoms with Crippen LogP contribution in [0.2, 0.25) is 0 Å². The van der Waals surface area contributed by atoms with Crippen LogP contribution in [0.3, 0.4) is 0 Å². The van der Waals surface area contributed by atoms with E-state index in [4.69, 9.17) is 4.76 Å². The first-order valence-electron chi connectivity index (χ1n) is 7.88. The quantitative estimate of drug-likeness (QED) is 0.573. The summed E-state index contributed by atoms with van der Waals surface area (Å²) in [4.78, 5) is 0. The number of nitrogens with zero attached hydrogens (tertiary/aromatic N) is 1. The van der Waals surface area contributed by atoms with Crippen molar-refractivity contribution >= 4 is 24.9 Å². The van der Waals surface area contributed by atoms with Gasteiger partial charge in [-0.1, -0.05) is 79.9 Å². The van der Waals surface area contributed by atoms with Gasteiger partial charge in [0.05, 0.1) is 8.07 Å². The van der Waals surface area contributed by atoms with Crippen molar-refractivity contribution in [2.75, 3.05) is 0 Å². The first-order chi connectivity index (χ1) is 10.4. The molecule has 0 aromatic heterocycles. The van der Waals surface area contributed by atoms with Crippen LogP contribution in [-0.4, -0.2) is 6.21 Å². The van der Waals surface area contributed by atoms with E-state index in [1.807, 2.05) is 0 Å². The second-order valence-electron chi connectivity index (χ2n) is 5.65. The fourth-order valence-corrected chi connectivity index (χ4v) is 4.66. The SMILES string of the molecule is C(=N\P(c1ccccc1)c1ccccc1)/C1CCCCC1. The molecule has 0 N–H and O–H groups in total. The molecule has 0 radical (unpaired) electrons. The maximum atomic E-state index is 5.03. The van der Waals surface area contributed by atoms with Gasteiger partial charge in [-0.25, -0.2) is 0 Å². The Bertz CT molecular complexity index is 519. The number of hydrogen-bond donors (Lipinski definition) is 0. The van der Waals surface area contributed by atoms with Gasteiger partial charge in [0.15, 0.2) is 0 Å². The van der Waals surface area contributed by atoms with Gasteiger partial charge in [-0.05, 0) is 18.8 Å². The maximum Gasteiger partial charge on any atom is 0.0775 e. The topological polar surface area (TPSA) is 12.4 Å². The number of benzene rings is 2. The second kappa shape index (κ2) is 7.52. The monoisotopic (exact) mass is 295 g/mol. The van der Waals surface area contributed by atoms with Crippen LogP contribution in [0, 0.1) is 5.92 Å². The van der Waals surface area contributed by atoms with Gasteiger partial charge >= 0.3 is 0 Å². The molecule has 0 aliphatic heterocycles. The smallest absolute Gasteiger partial charge is 0.0775 e. The summed E-state index contributed by atoms with van der Waals surface area (Å²) in [7, 11) is -0.606. The van der Waals surface area contributed by atoms with Crippen LogP contribution in [0.4, 0.5) is 0 Å². The molecule has 21 heavy (non-hydrogen) atoms. The van der Waals surface area contributed by atoms with E-state index in [9.17, 15) is 0 Å². The van der Waals surface area contributed by atoms with Crippen LogP contribution in [0.1, 0.15) is 32.1 Å². The molecule has 0 heterocycles. The Hall–Kier alpha value is -1.46. The molecule has 1 nitrogen and oxygen atoms in total. The third-order valence-corrected chi connectivity index (χ3v) is 5.98. The molecule has 1 saturated carbocycles. The highest BCUT2D eigenvalue weighted by molar-refractivity contribution is 7.71. The summed E-state index contributed by atoms with van der Waals surface area (Å²) in [6, 6.07) is 21.4. The highest BCUT2D eigenvalue weighted by atomic mass is 31.1. The highest BCUT2D eigenvalue weighted by Crippen LogP contribution is 2.35. The Morgan fingerprint density at radius 1 is 0.762 bits per heavy atom. The Morgan fingerprint density at radius 2 is 1.29 bits per heavy atom. The fraction of sp³-hybridized carbons (Fsp3) is 0.316. The predicted molar refractivity (Wildman–Crippen MR) is 94.1 cm³/mol. The molecular weight excluding hydrogens is 273 g/mol. The van der Waals surface area contributed by atoms with Gasteiger partial charge in [-0.15, -0.1) is 0 Å². The average Bonchev–Trinajstić information content (AvgIpc) is 2.58. The second-order valence-corrected chi connectivity index (χ2v) is 7.53. The molecule has 1 fully saturated rings. The maximum absolute atomic E-state index is 5.03. The summed E-state index contributed by atoms with van der Waals surface area (Å²) in [5.74, 6) is 0.691. The normalized spacial score (nSPS) is 16.6. The van der Waals surface area contributed by atoms with Crippen molar-refractivity contribution in [2.24, 2.45) is 10.7 Å². The Labute approximate surface area is 128 Å². The van der Waals surface area contributed by atoms with E-state index < -0.39 is 8.07 Å². The highest BCUT2D eigenvalue weighted by Gasteiger charge is 2.14. The van der Waals surface area contributed by atoms with Gasteiger partial charge in [0.25, 0.3) is 0 Å². The molecule has 0 unspecified atom stereocenters. The molecule has 0 atom stereocenters. The number of hydrogen-bond acceptors (Lipinski definition) is 1. The van der Waals surface area contributed by atoms with E-state index in [-0.39, 0.29) is 0 Å². The minimum absolute atomic E-state index is 0.606. The van der Waals surface area contributed by atoms with Crippen LogP contribution in [0.15, 0.2) is 65.4 Å². The lowest BCUT2D eigenvalue weighted by Gasteiger charge is -2.19. The van der Waals surface area contributed by atoms with Crippen LogP contribution in [0.25, 0.3) is 0 Å². The van der Waals surface area contributed by atoms with E-state index in [2.05, 4.69) is 66.9 Å². The Morgan fingerprint density at radius 3 is 1.81 bits per heavy atom. The molecule has 0 amide bonds. The van der Waals surface area contributed by atoms with E-state index in [1.54, 1.807) is 0 Å². The van der Waals surface area contributed by atoms with Gasteiger partial charge in [-0.2, -0.15) is 0 Å². The summed E-state index contributed by atoms with van der Waals surface area (Å²) in [5.41, 5.74) is 0. The Balaban J connectivity index is 1.84. The fourth-order valence-electron chi connectivity index (χ4n) is 2.86. The number of rotatable bonds is 4. The zero-order valence-corrected chi connectivity index (χ0v) is 13.3. The zero-order chi connectivity index (χ0) is 14.3. The minimum atomic E-state index is -0.606. The van der Waals surface area contributed by atoms with Crippen LogP contribution in [-0.2, 0) is 0 Å². The molecule has 2 aromatic rings. The van der Waals surface area contributed by atoms with E-state index in [0.717, 1.165) is 0 Å². The van der Waals surface area contributed by atoms with Crippen molar-refractivity contribution < 1.29 is 0 Å². The van der Waals surface area contributed by atoms with Gasteiger partial charge in [-0.3, -0.25) is 4.76 Å². The summed E-state index contributed by atoms with van der Waals surface area (Å²) < 4.78 is 5.03. The van der Waals surface area contributed by atoms with Crippen LogP contribution < -0.4 is 10.6 Å².